The molecule has 1 N–H and O–H groups in total. The summed E-state index contributed by atoms with van der Waals surface area (Å²) < 4.78 is 3.01. The van der Waals surface area contributed by atoms with E-state index in [1.165, 1.54) is 5.52 Å². The number of fused-ring (bicyclic) bond motifs is 1. The van der Waals surface area contributed by atoms with E-state index in [1.807, 2.05) is 6.07 Å². The predicted molar refractivity (Wildman–Crippen MR) is 71.2 cm³/mol. The predicted octanol–water partition coefficient (Wildman–Crippen LogP) is 4.14. The smallest absolute Gasteiger partial charge is 0.178 e. The topological polar surface area (TPSA) is 20.7 Å². The van der Waals surface area contributed by atoms with E-state index in [4.69, 9.17) is 12.2 Å². The molecule has 3 heteroatoms. The van der Waals surface area contributed by atoms with Gasteiger partial charge in [-0.3, -0.25) is 0 Å². The van der Waals surface area contributed by atoms with E-state index in [1.54, 1.807) is 0 Å². The highest BCUT2D eigenvalue weighted by atomic mass is 32.1. The maximum absolute atomic E-state index is 5.35. The van der Waals surface area contributed by atoms with Crippen LogP contribution in [0, 0.1) is 10.2 Å². The number of benzene rings is 1. The van der Waals surface area contributed by atoms with E-state index in [-0.39, 0.29) is 0 Å². The van der Waals surface area contributed by atoms with E-state index in [0.29, 0.717) is 5.41 Å². The Kier molecular flexibility index (Phi) is 2.89. The molecule has 0 saturated heterocycles. The second-order valence-electron chi connectivity index (χ2n) is 5.41. The molecule has 2 aromatic rings. The number of aryl methyl sites for hydroxylation is 1. The molecule has 0 bridgehead atoms. The van der Waals surface area contributed by atoms with Gasteiger partial charge in [-0.25, -0.2) is 0 Å². The minimum absolute atomic E-state index is 0.340. The van der Waals surface area contributed by atoms with E-state index >= 15 is 0 Å². The second-order valence-corrected chi connectivity index (χ2v) is 5.80. The third-order valence-corrected chi connectivity index (χ3v) is 3.09. The van der Waals surface area contributed by atoms with Crippen molar-refractivity contribution in [1.82, 2.24) is 9.55 Å². The van der Waals surface area contributed by atoms with Crippen LogP contribution in [0.15, 0.2) is 24.3 Å². The molecule has 1 heterocycles. The monoisotopic (exact) mass is 234 g/mol. The molecule has 0 amide bonds. The van der Waals surface area contributed by atoms with Gasteiger partial charge in [0.15, 0.2) is 4.77 Å². The molecule has 0 aliphatic rings. The molecule has 86 valence electrons. The molecular weight excluding hydrogens is 216 g/mol. The second kappa shape index (κ2) is 4.06. The lowest BCUT2D eigenvalue weighted by Crippen LogP contribution is -2.10. The summed E-state index contributed by atoms with van der Waals surface area (Å²) in [7, 11) is 0. The van der Waals surface area contributed by atoms with Crippen molar-refractivity contribution >= 4 is 23.3 Å². The Morgan fingerprint density at radius 3 is 2.62 bits per heavy atom. The van der Waals surface area contributed by atoms with Gasteiger partial charge in [0.25, 0.3) is 0 Å². The van der Waals surface area contributed by atoms with Gasteiger partial charge in [0.05, 0.1) is 11.0 Å². The van der Waals surface area contributed by atoms with Crippen LogP contribution < -0.4 is 0 Å². The van der Waals surface area contributed by atoms with Crippen LogP contribution >= 0.6 is 12.2 Å². The van der Waals surface area contributed by atoms with Crippen molar-refractivity contribution in [1.29, 1.82) is 0 Å². The van der Waals surface area contributed by atoms with Crippen molar-refractivity contribution in [3.63, 3.8) is 0 Å². The maximum Gasteiger partial charge on any atom is 0.178 e. The van der Waals surface area contributed by atoms with Crippen LogP contribution in [0.2, 0.25) is 0 Å². The summed E-state index contributed by atoms with van der Waals surface area (Å²) in [5.74, 6) is 0. The van der Waals surface area contributed by atoms with E-state index < -0.39 is 0 Å². The van der Waals surface area contributed by atoms with Gasteiger partial charge in [0.1, 0.15) is 0 Å². The number of hydrogen-bond acceptors (Lipinski definition) is 1. The van der Waals surface area contributed by atoms with Crippen LogP contribution in [-0.2, 0) is 6.54 Å². The minimum Gasteiger partial charge on any atom is -0.331 e. The van der Waals surface area contributed by atoms with Crippen molar-refractivity contribution in [3.05, 3.63) is 29.0 Å². The number of nitrogens with one attached hydrogen (secondary N) is 1. The lowest BCUT2D eigenvalue weighted by molar-refractivity contribution is 0.352. The first-order valence-corrected chi connectivity index (χ1v) is 6.06. The molecular formula is C13H18N2S. The first kappa shape index (κ1) is 11.4. The molecule has 2 rings (SSSR count). The van der Waals surface area contributed by atoms with Crippen LogP contribution in [0.4, 0.5) is 0 Å². The van der Waals surface area contributed by atoms with Crippen LogP contribution in [0.3, 0.4) is 0 Å². The molecule has 0 unspecified atom stereocenters. The molecule has 0 saturated carbocycles. The van der Waals surface area contributed by atoms with Gasteiger partial charge in [-0.15, -0.1) is 0 Å². The summed E-state index contributed by atoms with van der Waals surface area (Å²) in [5.41, 5.74) is 2.67. The number of rotatable bonds is 2. The van der Waals surface area contributed by atoms with Gasteiger partial charge in [-0.1, -0.05) is 32.9 Å². The maximum atomic E-state index is 5.35. The molecule has 16 heavy (non-hydrogen) atoms. The highest BCUT2D eigenvalue weighted by Gasteiger charge is 2.11. The molecule has 0 aliphatic heterocycles. The Balaban J connectivity index is 2.37. The fraction of sp³-hybridized carbons (Fsp3) is 0.462. The van der Waals surface area contributed by atoms with Crippen LogP contribution in [0.1, 0.15) is 27.2 Å². The zero-order valence-corrected chi connectivity index (χ0v) is 10.9. The number of imidazole rings is 1. The standard InChI is InChI=1S/C13H18N2S/c1-13(2,3)8-9-15-11-7-5-4-6-10(11)14-12(15)16/h4-7H,8-9H2,1-3H3,(H,14,16). The van der Waals surface area contributed by atoms with Gasteiger partial charge in [0, 0.05) is 6.54 Å². The van der Waals surface area contributed by atoms with Crippen LogP contribution in [-0.4, -0.2) is 9.55 Å². The highest BCUT2D eigenvalue weighted by molar-refractivity contribution is 7.71. The van der Waals surface area contributed by atoms with Crippen LogP contribution in [0.5, 0.6) is 0 Å². The SMILES string of the molecule is CC(C)(C)CCn1c(=S)[nH]c2ccccc21. The number of aromatic nitrogens is 2. The largest absolute Gasteiger partial charge is 0.331 e. The molecule has 0 spiro atoms. The number of hydrogen-bond donors (Lipinski definition) is 1. The van der Waals surface area contributed by atoms with Gasteiger partial charge >= 0.3 is 0 Å². The Bertz CT molecular complexity index is 543. The minimum atomic E-state index is 0.340. The summed E-state index contributed by atoms with van der Waals surface area (Å²) in [5, 5.41) is 0. The summed E-state index contributed by atoms with van der Waals surface area (Å²) in [6.07, 6.45) is 1.13. The van der Waals surface area contributed by atoms with Crippen molar-refractivity contribution in [3.8, 4) is 0 Å². The molecule has 0 atom stereocenters. The number of aromatic amines is 1. The lowest BCUT2D eigenvalue weighted by atomic mass is 9.92. The molecule has 0 aliphatic carbocycles. The van der Waals surface area contributed by atoms with E-state index in [0.717, 1.165) is 23.3 Å². The summed E-state index contributed by atoms with van der Waals surface area (Å²) in [4.78, 5) is 3.24. The Labute approximate surface area is 101 Å². The van der Waals surface area contributed by atoms with E-state index in [9.17, 15) is 0 Å². The first-order valence-electron chi connectivity index (χ1n) is 5.65. The van der Waals surface area contributed by atoms with Crippen molar-refractivity contribution in [2.75, 3.05) is 0 Å². The van der Waals surface area contributed by atoms with E-state index in [2.05, 4.69) is 48.5 Å². The fourth-order valence-electron chi connectivity index (χ4n) is 1.78. The van der Waals surface area contributed by atoms with Gasteiger partial charge in [0.2, 0.25) is 0 Å². The third-order valence-electron chi connectivity index (χ3n) is 2.77. The quantitative estimate of drug-likeness (QED) is 0.775. The average molecular weight is 234 g/mol. The van der Waals surface area contributed by atoms with Crippen molar-refractivity contribution in [2.45, 2.75) is 33.7 Å². The highest BCUT2D eigenvalue weighted by Crippen LogP contribution is 2.21. The lowest BCUT2D eigenvalue weighted by Gasteiger charge is -2.18. The molecule has 0 radical (unpaired) electrons. The van der Waals surface area contributed by atoms with Gasteiger partial charge < -0.3 is 9.55 Å². The molecule has 1 aromatic heterocycles. The van der Waals surface area contributed by atoms with Crippen molar-refractivity contribution < 1.29 is 0 Å². The zero-order chi connectivity index (χ0) is 11.8. The first-order chi connectivity index (χ1) is 7.47. The average Bonchev–Trinajstić information content (AvgIpc) is 2.49. The van der Waals surface area contributed by atoms with Gasteiger partial charge in [-0.2, -0.15) is 0 Å². The molecule has 0 fully saturated rings. The Morgan fingerprint density at radius 2 is 1.94 bits per heavy atom. The summed E-state index contributed by atoms with van der Waals surface area (Å²) >= 11 is 5.35. The summed E-state index contributed by atoms with van der Waals surface area (Å²) in [6.45, 7) is 7.74. The zero-order valence-electron chi connectivity index (χ0n) is 10.1. The van der Waals surface area contributed by atoms with Crippen LogP contribution in [0.25, 0.3) is 11.0 Å². The summed E-state index contributed by atoms with van der Waals surface area (Å²) in [6, 6.07) is 8.27. The Morgan fingerprint density at radius 1 is 1.25 bits per heavy atom. The van der Waals surface area contributed by atoms with Crippen molar-refractivity contribution in [2.24, 2.45) is 5.41 Å². The normalized spacial score (nSPS) is 12.2. The fourth-order valence-corrected chi connectivity index (χ4v) is 2.08. The Hall–Kier alpha value is -1.09. The molecule has 2 nitrogen and oxygen atoms in total. The number of nitrogens with zero attached hydrogens (tertiary/aromatic N) is 1. The van der Waals surface area contributed by atoms with Gasteiger partial charge in [-0.05, 0) is 36.2 Å². The third kappa shape index (κ3) is 2.35. The number of H-pyrrole nitrogens is 1. The number of para-hydroxylation sites is 2. The molecule has 1 aromatic carbocycles.